The Kier molecular flexibility index (Phi) is 2.10. The Morgan fingerprint density at radius 1 is 1.62 bits per heavy atom. The number of nitrogens with one attached hydrogen (secondary N) is 1. The van der Waals surface area contributed by atoms with Gasteiger partial charge in [-0.25, -0.2) is 0 Å². The Hall–Kier alpha value is -1.22. The topological polar surface area (TPSA) is 41.5 Å². The fraction of sp³-hybridized carbons (Fsp3) is 0.400. The van der Waals surface area contributed by atoms with Crippen LogP contribution < -0.4 is 10.1 Å². The fourth-order valence-electron chi connectivity index (χ4n) is 1.64. The van der Waals surface area contributed by atoms with Crippen LogP contribution in [0.1, 0.15) is 5.56 Å². The number of anilines is 1. The van der Waals surface area contributed by atoms with Crippen LogP contribution in [0.25, 0.3) is 0 Å². The van der Waals surface area contributed by atoms with E-state index < -0.39 is 0 Å². The van der Waals surface area contributed by atoms with E-state index in [9.17, 15) is 0 Å². The number of methoxy groups -OCH3 is 1. The number of benzene rings is 1. The molecule has 1 aliphatic heterocycles. The van der Waals surface area contributed by atoms with Crippen LogP contribution in [-0.4, -0.2) is 24.9 Å². The zero-order valence-corrected chi connectivity index (χ0v) is 7.58. The van der Waals surface area contributed by atoms with E-state index in [1.54, 1.807) is 7.11 Å². The first-order valence-corrected chi connectivity index (χ1v) is 4.38. The lowest BCUT2D eigenvalue weighted by molar-refractivity contribution is 0.277. The second-order valence-electron chi connectivity index (χ2n) is 3.25. The summed E-state index contributed by atoms with van der Waals surface area (Å²) in [4.78, 5) is 0. The van der Waals surface area contributed by atoms with Gasteiger partial charge in [-0.05, 0) is 18.1 Å². The number of ether oxygens (including phenoxy) is 1. The highest BCUT2D eigenvalue weighted by atomic mass is 16.5. The number of aliphatic hydroxyl groups is 1. The van der Waals surface area contributed by atoms with Gasteiger partial charge in [-0.3, -0.25) is 0 Å². The molecule has 1 atom stereocenters. The summed E-state index contributed by atoms with van der Waals surface area (Å²) in [6.45, 7) is 0.178. The summed E-state index contributed by atoms with van der Waals surface area (Å²) in [7, 11) is 1.65. The maximum absolute atomic E-state index is 8.97. The average Bonchev–Trinajstić information content (AvgIpc) is 2.58. The van der Waals surface area contributed by atoms with Gasteiger partial charge in [-0.1, -0.05) is 6.07 Å². The highest BCUT2D eigenvalue weighted by Gasteiger charge is 2.19. The van der Waals surface area contributed by atoms with Crippen LogP contribution in [0.5, 0.6) is 5.75 Å². The lowest BCUT2D eigenvalue weighted by Gasteiger charge is -2.06. The molecule has 0 amide bonds. The van der Waals surface area contributed by atoms with Crippen molar-refractivity contribution >= 4 is 5.69 Å². The van der Waals surface area contributed by atoms with E-state index in [1.807, 2.05) is 18.2 Å². The summed E-state index contributed by atoms with van der Waals surface area (Å²) in [6.07, 6.45) is 0.899. The third kappa shape index (κ3) is 1.47. The lowest BCUT2D eigenvalue weighted by Crippen LogP contribution is -2.19. The Bertz CT molecular complexity index is 312. The quantitative estimate of drug-likeness (QED) is 0.712. The van der Waals surface area contributed by atoms with Crippen LogP contribution in [0.2, 0.25) is 0 Å². The first-order chi connectivity index (χ1) is 6.33. The maximum atomic E-state index is 8.97. The summed E-state index contributed by atoms with van der Waals surface area (Å²) < 4.78 is 5.11. The molecule has 1 heterocycles. The predicted molar refractivity (Wildman–Crippen MR) is 51.2 cm³/mol. The molecule has 0 bridgehead atoms. The van der Waals surface area contributed by atoms with Gasteiger partial charge in [0.15, 0.2) is 0 Å². The molecule has 0 spiro atoms. The van der Waals surface area contributed by atoms with Crippen molar-refractivity contribution in [3.05, 3.63) is 23.8 Å². The minimum absolute atomic E-state index is 0.169. The zero-order chi connectivity index (χ0) is 9.26. The van der Waals surface area contributed by atoms with Crippen molar-refractivity contribution in [3.8, 4) is 5.75 Å². The molecule has 70 valence electrons. The highest BCUT2D eigenvalue weighted by Crippen LogP contribution is 2.29. The number of hydrogen-bond donors (Lipinski definition) is 2. The van der Waals surface area contributed by atoms with Crippen molar-refractivity contribution in [2.75, 3.05) is 19.0 Å². The molecular formula is C10H13NO2. The Morgan fingerprint density at radius 2 is 2.46 bits per heavy atom. The maximum Gasteiger partial charge on any atom is 0.120 e. The van der Waals surface area contributed by atoms with Crippen LogP contribution in [-0.2, 0) is 6.42 Å². The van der Waals surface area contributed by atoms with Crippen molar-refractivity contribution in [1.29, 1.82) is 0 Å². The van der Waals surface area contributed by atoms with Gasteiger partial charge >= 0.3 is 0 Å². The molecule has 0 radical (unpaired) electrons. The molecule has 2 N–H and O–H groups in total. The van der Waals surface area contributed by atoms with Crippen molar-refractivity contribution in [1.82, 2.24) is 0 Å². The molecule has 1 aromatic carbocycles. The van der Waals surface area contributed by atoms with E-state index in [0.29, 0.717) is 0 Å². The van der Waals surface area contributed by atoms with Gasteiger partial charge < -0.3 is 15.2 Å². The summed E-state index contributed by atoms with van der Waals surface area (Å²) in [5.41, 5.74) is 2.33. The number of hydrogen-bond acceptors (Lipinski definition) is 3. The second-order valence-corrected chi connectivity index (χ2v) is 3.25. The van der Waals surface area contributed by atoms with E-state index in [0.717, 1.165) is 17.9 Å². The van der Waals surface area contributed by atoms with Gasteiger partial charge in [0.2, 0.25) is 0 Å². The van der Waals surface area contributed by atoms with Crippen molar-refractivity contribution in [3.63, 3.8) is 0 Å². The number of fused-ring (bicyclic) bond motifs is 1. The molecule has 13 heavy (non-hydrogen) atoms. The van der Waals surface area contributed by atoms with Crippen LogP contribution in [0.3, 0.4) is 0 Å². The minimum Gasteiger partial charge on any atom is -0.497 e. The van der Waals surface area contributed by atoms with Crippen LogP contribution in [0.4, 0.5) is 5.69 Å². The SMILES string of the molecule is COc1ccc2c(c1)NC(CO)C2. The smallest absolute Gasteiger partial charge is 0.120 e. The van der Waals surface area contributed by atoms with E-state index in [2.05, 4.69) is 5.32 Å². The van der Waals surface area contributed by atoms with Gasteiger partial charge in [0.1, 0.15) is 5.75 Å². The molecule has 3 heteroatoms. The monoisotopic (exact) mass is 179 g/mol. The Morgan fingerprint density at radius 3 is 3.15 bits per heavy atom. The molecule has 0 saturated heterocycles. The highest BCUT2D eigenvalue weighted by molar-refractivity contribution is 5.59. The first-order valence-electron chi connectivity index (χ1n) is 4.38. The molecule has 3 nitrogen and oxygen atoms in total. The molecule has 0 fully saturated rings. The van der Waals surface area contributed by atoms with Crippen molar-refractivity contribution in [2.24, 2.45) is 0 Å². The molecule has 2 rings (SSSR count). The summed E-state index contributed by atoms with van der Waals surface area (Å²) >= 11 is 0. The fourth-order valence-corrected chi connectivity index (χ4v) is 1.64. The molecular weight excluding hydrogens is 166 g/mol. The molecule has 0 saturated carbocycles. The van der Waals surface area contributed by atoms with E-state index in [4.69, 9.17) is 9.84 Å². The first kappa shape index (κ1) is 8.38. The molecule has 1 aromatic rings. The minimum atomic E-state index is 0.169. The largest absolute Gasteiger partial charge is 0.497 e. The number of aliphatic hydroxyl groups excluding tert-OH is 1. The van der Waals surface area contributed by atoms with Gasteiger partial charge in [-0.15, -0.1) is 0 Å². The van der Waals surface area contributed by atoms with Gasteiger partial charge in [0, 0.05) is 11.8 Å². The van der Waals surface area contributed by atoms with Gasteiger partial charge in [-0.2, -0.15) is 0 Å². The second kappa shape index (κ2) is 3.26. The van der Waals surface area contributed by atoms with Crippen molar-refractivity contribution in [2.45, 2.75) is 12.5 Å². The van der Waals surface area contributed by atoms with Gasteiger partial charge in [0.25, 0.3) is 0 Å². The third-order valence-electron chi connectivity index (χ3n) is 2.36. The Balaban J connectivity index is 2.25. The molecule has 1 unspecified atom stereocenters. The Labute approximate surface area is 77.3 Å². The summed E-state index contributed by atoms with van der Waals surface area (Å²) in [5, 5.41) is 12.2. The zero-order valence-electron chi connectivity index (χ0n) is 7.58. The van der Waals surface area contributed by atoms with Crippen molar-refractivity contribution < 1.29 is 9.84 Å². The summed E-state index contributed by atoms with van der Waals surface area (Å²) in [6, 6.07) is 6.12. The molecule has 1 aliphatic rings. The summed E-state index contributed by atoms with van der Waals surface area (Å²) in [5.74, 6) is 0.852. The standard InChI is InChI=1S/C10H13NO2/c1-13-9-3-2-7-4-8(6-12)11-10(7)5-9/h2-3,5,8,11-12H,4,6H2,1H3. The molecule has 0 aromatic heterocycles. The van der Waals surface area contributed by atoms with Gasteiger partial charge in [0.05, 0.1) is 19.8 Å². The van der Waals surface area contributed by atoms with E-state index in [1.165, 1.54) is 5.56 Å². The van der Waals surface area contributed by atoms with Crippen LogP contribution in [0.15, 0.2) is 18.2 Å². The van der Waals surface area contributed by atoms with Crippen LogP contribution >= 0.6 is 0 Å². The van der Waals surface area contributed by atoms with Crippen LogP contribution in [0, 0.1) is 0 Å². The predicted octanol–water partition coefficient (Wildman–Crippen LogP) is 1.02. The normalized spacial score (nSPS) is 19.4. The van der Waals surface area contributed by atoms with E-state index >= 15 is 0 Å². The molecule has 0 aliphatic carbocycles. The average molecular weight is 179 g/mol. The van der Waals surface area contributed by atoms with E-state index in [-0.39, 0.29) is 12.6 Å². The number of rotatable bonds is 2. The third-order valence-corrected chi connectivity index (χ3v) is 2.36. The lowest BCUT2D eigenvalue weighted by atomic mass is 10.1.